The van der Waals surface area contributed by atoms with E-state index >= 15 is 0 Å². The predicted molar refractivity (Wildman–Crippen MR) is 203 cm³/mol. The highest BCUT2D eigenvalue weighted by Gasteiger charge is 2.23. The summed E-state index contributed by atoms with van der Waals surface area (Å²) < 4.78 is 6.23. The summed E-state index contributed by atoms with van der Waals surface area (Å²) >= 11 is 0. The first-order valence-electron chi connectivity index (χ1n) is 18.5. The standard InChI is InChI=1S/C45H50N2O3/c1-2-3-4-5-6-10-24-46-40-26-39(29-42(48)30-40)37-18-16-35(17-19-37)36-20-22-44(23-21-36)50-45-15-11-12-33(25-45)32-47-41-27-38(28-43(49)31-41)34-13-8-7-9-14-34/h7-9,11-23,25,30-31,38-39,46-47H,2-6,10,24,26-29,32H2,1H3. The number of nitrogens with one attached hydrogen (secondary N) is 2. The third kappa shape index (κ3) is 10.1. The minimum absolute atomic E-state index is 0.169. The average Bonchev–Trinajstić information content (AvgIpc) is 3.14. The molecular formula is C45H50N2O3. The van der Waals surface area contributed by atoms with Crippen LogP contribution >= 0.6 is 0 Å². The second-order valence-corrected chi connectivity index (χ2v) is 13.8. The molecule has 0 fully saturated rings. The zero-order valence-corrected chi connectivity index (χ0v) is 29.3. The first-order valence-corrected chi connectivity index (χ1v) is 18.5. The lowest BCUT2D eigenvalue weighted by molar-refractivity contribution is -0.116. The summed E-state index contributed by atoms with van der Waals surface area (Å²) in [5.74, 6) is 2.35. The maximum absolute atomic E-state index is 12.6. The number of ketones is 2. The van der Waals surface area contributed by atoms with Gasteiger partial charge < -0.3 is 15.4 Å². The molecule has 5 heteroatoms. The lowest BCUT2D eigenvalue weighted by Gasteiger charge is -2.23. The lowest BCUT2D eigenvalue weighted by atomic mass is 9.85. The summed E-state index contributed by atoms with van der Waals surface area (Å²) in [6, 6.07) is 35.2. The Morgan fingerprint density at radius 2 is 1.18 bits per heavy atom. The van der Waals surface area contributed by atoms with E-state index in [0.29, 0.717) is 19.4 Å². The highest BCUT2D eigenvalue weighted by molar-refractivity contribution is 5.92. The highest BCUT2D eigenvalue weighted by atomic mass is 16.5. The van der Waals surface area contributed by atoms with E-state index < -0.39 is 0 Å². The quantitative estimate of drug-likeness (QED) is 0.117. The summed E-state index contributed by atoms with van der Waals surface area (Å²) in [5.41, 5.74) is 7.83. The molecule has 2 N–H and O–H groups in total. The molecule has 6 rings (SSSR count). The number of carbonyl (C=O) groups is 2. The molecule has 0 amide bonds. The molecule has 0 saturated heterocycles. The molecule has 2 aliphatic carbocycles. The zero-order chi connectivity index (χ0) is 34.5. The molecule has 2 aliphatic rings. The van der Waals surface area contributed by atoms with Crippen molar-refractivity contribution < 1.29 is 14.3 Å². The number of hydrogen-bond donors (Lipinski definition) is 2. The topological polar surface area (TPSA) is 67.4 Å². The number of allylic oxidation sites excluding steroid dienone is 4. The summed E-state index contributed by atoms with van der Waals surface area (Å²) in [4.78, 5) is 25.0. The molecule has 0 bridgehead atoms. The smallest absolute Gasteiger partial charge is 0.158 e. The van der Waals surface area contributed by atoms with Gasteiger partial charge in [0.2, 0.25) is 0 Å². The van der Waals surface area contributed by atoms with Crippen LogP contribution in [0.2, 0.25) is 0 Å². The van der Waals surface area contributed by atoms with Crippen molar-refractivity contribution in [2.24, 2.45) is 0 Å². The Labute approximate surface area is 297 Å². The van der Waals surface area contributed by atoms with Gasteiger partial charge in [0.25, 0.3) is 0 Å². The van der Waals surface area contributed by atoms with Crippen molar-refractivity contribution in [1.29, 1.82) is 0 Å². The van der Waals surface area contributed by atoms with Crippen molar-refractivity contribution >= 4 is 11.6 Å². The molecule has 0 spiro atoms. The molecule has 0 heterocycles. The number of benzene rings is 4. The van der Waals surface area contributed by atoms with Gasteiger partial charge in [-0.15, -0.1) is 0 Å². The zero-order valence-electron chi connectivity index (χ0n) is 29.3. The van der Waals surface area contributed by atoms with Gasteiger partial charge in [0.15, 0.2) is 11.6 Å². The van der Waals surface area contributed by atoms with Crippen LogP contribution < -0.4 is 15.4 Å². The van der Waals surface area contributed by atoms with Gasteiger partial charge in [-0.2, -0.15) is 0 Å². The third-order valence-electron chi connectivity index (χ3n) is 9.88. The molecular weight excluding hydrogens is 617 g/mol. The molecule has 2 atom stereocenters. The number of carbonyl (C=O) groups excluding carboxylic acids is 2. The minimum atomic E-state index is 0.169. The highest BCUT2D eigenvalue weighted by Crippen LogP contribution is 2.33. The summed E-state index contributed by atoms with van der Waals surface area (Å²) in [7, 11) is 0. The van der Waals surface area contributed by atoms with Crippen molar-refractivity contribution in [3.63, 3.8) is 0 Å². The molecule has 5 nitrogen and oxygen atoms in total. The monoisotopic (exact) mass is 666 g/mol. The van der Waals surface area contributed by atoms with Gasteiger partial charge in [0.1, 0.15) is 11.5 Å². The van der Waals surface area contributed by atoms with Crippen LogP contribution in [0.5, 0.6) is 11.5 Å². The largest absolute Gasteiger partial charge is 0.457 e. The molecule has 4 aromatic rings. The van der Waals surface area contributed by atoms with Gasteiger partial charge in [0, 0.05) is 49.5 Å². The van der Waals surface area contributed by atoms with Gasteiger partial charge in [-0.1, -0.05) is 118 Å². The van der Waals surface area contributed by atoms with Crippen molar-refractivity contribution in [2.75, 3.05) is 6.54 Å². The Hall–Kier alpha value is -4.90. The number of hydrogen-bond acceptors (Lipinski definition) is 5. The van der Waals surface area contributed by atoms with Crippen LogP contribution in [-0.2, 0) is 16.1 Å². The minimum Gasteiger partial charge on any atom is -0.457 e. The molecule has 50 heavy (non-hydrogen) atoms. The van der Waals surface area contributed by atoms with E-state index in [2.05, 4.69) is 72.2 Å². The molecule has 0 radical (unpaired) electrons. The Morgan fingerprint density at radius 1 is 0.580 bits per heavy atom. The van der Waals surface area contributed by atoms with E-state index in [-0.39, 0.29) is 23.4 Å². The normalized spacial score (nSPS) is 17.5. The van der Waals surface area contributed by atoms with E-state index in [1.54, 1.807) is 6.08 Å². The first kappa shape index (κ1) is 34.9. The third-order valence-corrected chi connectivity index (χ3v) is 9.88. The summed E-state index contributed by atoms with van der Waals surface area (Å²) in [6.07, 6.45) is 14.0. The maximum atomic E-state index is 12.6. The Balaban J connectivity index is 0.990. The number of ether oxygens (including phenoxy) is 1. The van der Waals surface area contributed by atoms with Crippen LogP contribution in [0.4, 0.5) is 0 Å². The van der Waals surface area contributed by atoms with Gasteiger partial charge in [-0.25, -0.2) is 0 Å². The molecule has 0 saturated carbocycles. The van der Waals surface area contributed by atoms with Gasteiger partial charge in [-0.3, -0.25) is 9.59 Å². The number of unbranched alkanes of at least 4 members (excludes halogenated alkanes) is 5. The predicted octanol–water partition coefficient (Wildman–Crippen LogP) is 10.5. The SMILES string of the molecule is CCCCCCCCNC1=CC(=O)CC(c2ccc(-c3ccc(Oc4cccc(CNC5=CC(=O)CC(c6ccccc6)C5)c4)cc3)cc2)C1. The van der Waals surface area contributed by atoms with Gasteiger partial charge in [0.05, 0.1) is 0 Å². The second-order valence-electron chi connectivity index (χ2n) is 13.8. The lowest BCUT2D eigenvalue weighted by Crippen LogP contribution is -2.23. The first-order chi connectivity index (χ1) is 24.5. The van der Waals surface area contributed by atoms with E-state index in [1.807, 2.05) is 54.6 Å². The summed E-state index contributed by atoms with van der Waals surface area (Å²) in [5, 5.41) is 7.04. The van der Waals surface area contributed by atoms with Crippen LogP contribution in [0.25, 0.3) is 11.1 Å². The van der Waals surface area contributed by atoms with Gasteiger partial charge >= 0.3 is 0 Å². The van der Waals surface area contributed by atoms with Crippen LogP contribution in [0.3, 0.4) is 0 Å². The van der Waals surface area contributed by atoms with E-state index in [9.17, 15) is 9.59 Å². The van der Waals surface area contributed by atoms with Crippen molar-refractivity contribution in [3.8, 4) is 22.6 Å². The molecule has 4 aromatic carbocycles. The van der Waals surface area contributed by atoms with Crippen molar-refractivity contribution in [1.82, 2.24) is 10.6 Å². The fourth-order valence-electron chi connectivity index (χ4n) is 7.12. The fraction of sp³-hybridized carbons (Fsp3) is 0.333. The summed E-state index contributed by atoms with van der Waals surface area (Å²) in [6.45, 7) is 3.81. The number of rotatable bonds is 16. The van der Waals surface area contributed by atoms with Crippen LogP contribution in [-0.4, -0.2) is 18.1 Å². The van der Waals surface area contributed by atoms with E-state index in [1.165, 1.54) is 43.2 Å². The molecule has 0 aromatic heterocycles. The second kappa shape index (κ2) is 17.7. The maximum Gasteiger partial charge on any atom is 0.158 e. The Kier molecular flexibility index (Phi) is 12.3. The van der Waals surface area contributed by atoms with Crippen LogP contribution in [0.1, 0.15) is 99.7 Å². The molecule has 2 unspecified atom stereocenters. The Morgan fingerprint density at radius 3 is 1.86 bits per heavy atom. The van der Waals surface area contributed by atoms with Gasteiger partial charge in [-0.05, 0) is 83.2 Å². The van der Waals surface area contributed by atoms with Crippen LogP contribution in [0.15, 0.2) is 127 Å². The van der Waals surface area contributed by atoms with E-state index in [4.69, 9.17) is 4.74 Å². The fourth-order valence-corrected chi connectivity index (χ4v) is 7.12. The van der Waals surface area contributed by atoms with E-state index in [0.717, 1.165) is 65.4 Å². The average molecular weight is 667 g/mol. The van der Waals surface area contributed by atoms with Crippen molar-refractivity contribution in [3.05, 3.63) is 143 Å². The van der Waals surface area contributed by atoms with Crippen LogP contribution in [0, 0.1) is 0 Å². The Bertz CT molecular complexity index is 1770. The van der Waals surface area contributed by atoms with Crippen molar-refractivity contribution in [2.45, 2.75) is 89.5 Å². The molecule has 258 valence electrons. The molecule has 0 aliphatic heterocycles.